The van der Waals surface area contributed by atoms with Crippen molar-refractivity contribution in [3.05, 3.63) is 0 Å². The van der Waals surface area contributed by atoms with Gasteiger partial charge in [0.15, 0.2) is 0 Å². The maximum Gasteiger partial charge on any atom is 0.328 e. The average molecular weight is 228 g/mol. The van der Waals surface area contributed by atoms with Gasteiger partial charge >= 0.3 is 5.97 Å². The summed E-state index contributed by atoms with van der Waals surface area (Å²) in [5, 5.41) is 5.16. The summed E-state index contributed by atoms with van der Waals surface area (Å²) < 4.78 is 4.49. The molecule has 2 unspecified atom stereocenters. The van der Waals surface area contributed by atoms with Crippen molar-refractivity contribution < 1.29 is 19.1 Å². The Labute approximate surface area is 93.7 Å². The Morgan fingerprint density at radius 3 is 2.75 bits per heavy atom. The Balaban J connectivity index is 2.40. The van der Waals surface area contributed by atoms with Crippen LogP contribution in [0.15, 0.2) is 0 Å². The average Bonchev–Trinajstić information content (AvgIpc) is 2.28. The molecule has 6 heteroatoms. The molecule has 0 aromatic carbocycles. The van der Waals surface area contributed by atoms with Gasteiger partial charge in [0.25, 0.3) is 0 Å². The Bertz CT molecular complexity index is 293. The minimum absolute atomic E-state index is 0.0370. The van der Waals surface area contributed by atoms with Crippen molar-refractivity contribution in [2.75, 3.05) is 13.7 Å². The first-order valence-corrected chi connectivity index (χ1v) is 5.19. The first kappa shape index (κ1) is 12.5. The normalized spacial score (nSPS) is 21.9. The third-order valence-electron chi connectivity index (χ3n) is 2.55. The molecule has 0 saturated carbocycles. The van der Waals surface area contributed by atoms with E-state index >= 15 is 0 Å². The molecule has 0 spiro atoms. The van der Waals surface area contributed by atoms with Crippen molar-refractivity contribution in [1.29, 1.82) is 0 Å². The monoisotopic (exact) mass is 228 g/mol. The number of amides is 2. The summed E-state index contributed by atoms with van der Waals surface area (Å²) in [6, 6.07) is -0.657. The van der Waals surface area contributed by atoms with Crippen LogP contribution >= 0.6 is 0 Å². The Hall–Kier alpha value is -1.59. The van der Waals surface area contributed by atoms with E-state index in [-0.39, 0.29) is 17.7 Å². The van der Waals surface area contributed by atoms with Crippen molar-refractivity contribution in [2.45, 2.75) is 25.8 Å². The van der Waals surface area contributed by atoms with Gasteiger partial charge < -0.3 is 15.4 Å². The highest BCUT2D eigenvalue weighted by atomic mass is 16.5. The first-order valence-electron chi connectivity index (χ1n) is 5.19. The van der Waals surface area contributed by atoms with Gasteiger partial charge in [-0.1, -0.05) is 0 Å². The lowest BCUT2D eigenvalue weighted by molar-refractivity contribution is -0.145. The van der Waals surface area contributed by atoms with Crippen LogP contribution in [-0.4, -0.2) is 37.5 Å². The van der Waals surface area contributed by atoms with Gasteiger partial charge in [0.1, 0.15) is 6.04 Å². The number of hydrogen-bond donors (Lipinski definition) is 2. The number of ether oxygens (including phenoxy) is 1. The van der Waals surface area contributed by atoms with E-state index in [0.29, 0.717) is 19.4 Å². The molecule has 2 amide bonds. The van der Waals surface area contributed by atoms with Crippen LogP contribution in [0.2, 0.25) is 0 Å². The highest BCUT2D eigenvalue weighted by molar-refractivity contribution is 5.87. The third-order valence-corrected chi connectivity index (χ3v) is 2.55. The summed E-state index contributed by atoms with van der Waals surface area (Å²) in [5.41, 5.74) is 0. The van der Waals surface area contributed by atoms with E-state index in [0.717, 1.165) is 0 Å². The molecule has 2 N–H and O–H groups in total. The second-order valence-electron chi connectivity index (χ2n) is 3.79. The molecule has 1 aliphatic heterocycles. The molecule has 6 nitrogen and oxygen atoms in total. The largest absolute Gasteiger partial charge is 0.467 e. The minimum Gasteiger partial charge on any atom is -0.467 e. The van der Waals surface area contributed by atoms with Crippen LogP contribution in [0.25, 0.3) is 0 Å². The molecule has 1 aliphatic rings. The Morgan fingerprint density at radius 1 is 1.56 bits per heavy atom. The van der Waals surface area contributed by atoms with Gasteiger partial charge in [-0.05, 0) is 13.3 Å². The molecule has 1 saturated heterocycles. The van der Waals surface area contributed by atoms with Gasteiger partial charge in [0, 0.05) is 13.0 Å². The number of esters is 1. The highest BCUT2D eigenvalue weighted by Crippen LogP contribution is 2.10. The Kier molecular flexibility index (Phi) is 4.28. The maximum atomic E-state index is 11.7. The van der Waals surface area contributed by atoms with Crippen molar-refractivity contribution >= 4 is 17.8 Å². The zero-order valence-corrected chi connectivity index (χ0v) is 9.41. The lowest BCUT2D eigenvalue weighted by Crippen LogP contribution is -2.47. The van der Waals surface area contributed by atoms with Gasteiger partial charge in [-0.15, -0.1) is 0 Å². The van der Waals surface area contributed by atoms with Crippen LogP contribution in [0.3, 0.4) is 0 Å². The van der Waals surface area contributed by atoms with E-state index in [4.69, 9.17) is 0 Å². The fourth-order valence-corrected chi connectivity index (χ4v) is 1.52. The number of nitrogens with one attached hydrogen (secondary N) is 2. The summed E-state index contributed by atoms with van der Waals surface area (Å²) in [6.07, 6.45) is 0.871. The van der Waals surface area contributed by atoms with E-state index in [9.17, 15) is 14.4 Å². The number of rotatable bonds is 3. The molecule has 1 heterocycles. The SMILES string of the molecule is COC(=O)C(C)NC(=O)C1CCC(=O)NC1. The summed E-state index contributed by atoms with van der Waals surface area (Å²) in [4.78, 5) is 33.6. The molecule has 0 radical (unpaired) electrons. The molecule has 16 heavy (non-hydrogen) atoms. The van der Waals surface area contributed by atoms with Gasteiger partial charge in [-0.25, -0.2) is 4.79 Å². The zero-order chi connectivity index (χ0) is 12.1. The molecule has 0 bridgehead atoms. The van der Waals surface area contributed by atoms with Crippen LogP contribution in [-0.2, 0) is 19.1 Å². The number of carbonyl (C=O) groups is 3. The molecular formula is C10H16N2O4. The predicted octanol–water partition coefficient (Wildman–Crippen LogP) is -0.810. The number of piperidine rings is 1. The molecule has 1 fully saturated rings. The summed E-state index contributed by atoms with van der Waals surface area (Å²) in [6.45, 7) is 1.89. The van der Waals surface area contributed by atoms with E-state index in [1.807, 2.05) is 0 Å². The first-order chi connectivity index (χ1) is 7.54. The summed E-state index contributed by atoms with van der Waals surface area (Å²) >= 11 is 0. The van der Waals surface area contributed by atoms with Crippen molar-refractivity contribution in [3.63, 3.8) is 0 Å². The predicted molar refractivity (Wildman–Crippen MR) is 55.4 cm³/mol. The molecule has 2 atom stereocenters. The molecular weight excluding hydrogens is 212 g/mol. The molecule has 0 aromatic heterocycles. The number of hydrogen-bond acceptors (Lipinski definition) is 4. The summed E-state index contributed by atoms with van der Waals surface area (Å²) in [7, 11) is 1.27. The standard InChI is InChI=1S/C10H16N2O4/c1-6(10(15)16-2)12-9(14)7-3-4-8(13)11-5-7/h6-7H,3-5H2,1-2H3,(H,11,13)(H,12,14). The zero-order valence-electron chi connectivity index (χ0n) is 9.41. The van der Waals surface area contributed by atoms with Crippen LogP contribution in [0.4, 0.5) is 0 Å². The number of methoxy groups -OCH3 is 1. The van der Waals surface area contributed by atoms with Crippen LogP contribution in [0, 0.1) is 5.92 Å². The van der Waals surface area contributed by atoms with Crippen LogP contribution in [0.5, 0.6) is 0 Å². The lowest BCUT2D eigenvalue weighted by atomic mass is 9.98. The highest BCUT2D eigenvalue weighted by Gasteiger charge is 2.26. The van der Waals surface area contributed by atoms with Crippen LogP contribution in [0.1, 0.15) is 19.8 Å². The van der Waals surface area contributed by atoms with E-state index in [1.165, 1.54) is 7.11 Å². The van der Waals surface area contributed by atoms with Crippen molar-refractivity contribution in [1.82, 2.24) is 10.6 Å². The molecule has 0 aliphatic carbocycles. The van der Waals surface area contributed by atoms with Gasteiger partial charge in [-0.2, -0.15) is 0 Å². The fourth-order valence-electron chi connectivity index (χ4n) is 1.52. The fraction of sp³-hybridized carbons (Fsp3) is 0.700. The number of carbonyl (C=O) groups excluding carboxylic acids is 3. The van der Waals surface area contributed by atoms with Crippen molar-refractivity contribution in [3.8, 4) is 0 Å². The second-order valence-corrected chi connectivity index (χ2v) is 3.79. The molecule has 0 aromatic rings. The van der Waals surface area contributed by atoms with E-state index in [1.54, 1.807) is 6.92 Å². The second kappa shape index (κ2) is 5.48. The van der Waals surface area contributed by atoms with Gasteiger partial charge in [-0.3, -0.25) is 9.59 Å². The minimum atomic E-state index is -0.657. The maximum absolute atomic E-state index is 11.7. The van der Waals surface area contributed by atoms with Gasteiger partial charge in [0.05, 0.1) is 13.0 Å². The van der Waals surface area contributed by atoms with Gasteiger partial charge in [0.2, 0.25) is 11.8 Å². The summed E-state index contributed by atoms with van der Waals surface area (Å²) in [5.74, 6) is -0.999. The molecule has 1 rings (SSSR count). The smallest absolute Gasteiger partial charge is 0.328 e. The quantitative estimate of drug-likeness (QED) is 0.619. The topological polar surface area (TPSA) is 84.5 Å². The Morgan fingerprint density at radius 2 is 2.25 bits per heavy atom. The van der Waals surface area contributed by atoms with Crippen molar-refractivity contribution in [2.24, 2.45) is 5.92 Å². The van der Waals surface area contributed by atoms with E-state index in [2.05, 4.69) is 15.4 Å². The molecule has 90 valence electrons. The lowest BCUT2D eigenvalue weighted by Gasteiger charge is -2.22. The van der Waals surface area contributed by atoms with E-state index < -0.39 is 12.0 Å². The van der Waals surface area contributed by atoms with Crippen LogP contribution < -0.4 is 10.6 Å². The third kappa shape index (κ3) is 3.22.